The minimum Gasteiger partial charge on any atom is -0.371 e. The zero-order valence-electron chi connectivity index (χ0n) is 14.7. The van der Waals surface area contributed by atoms with E-state index in [4.69, 9.17) is 4.74 Å². The highest BCUT2D eigenvalue weighted by Gasteiger charge is 2.26. The van der Waals surface area contributed by atoms with E-state index in [9.17, 15) is 14.4 Å². The molecule has 4 rings (SSSR count). The first-order valence-corrected chi connectivity index (χ1v) is 8.77. The quantitative estimate of drug-likeness (QED) is 0.602. The Labute approximate surface area is 154 Å². The molecular weight excluding hydrogens is 346 g/mol. The van der Waals surface area contributed by atoms with Gasteiger partial charge >= 0.3 is 17.1 Å². The fourth-order valence-electron chi connectivity index (χ4n) is 3.02. The lowest BCUT2D eigenvalue weighted by Gasteiger charge is -2.13. The van der Waals surface area contributed by atoms with Gasteiger partial charge in [0.1, 0.15) is 0 Å². The second kappa shape index (κ2) is 7.20. The second-order valence-electron chi connectivity index (χ2n) is 6.56. The summed E-state index contributed by atoms with van der Waals surface area (Å²) in [5.41, 5.74) is -0.181. The molecule has 2 heterocycles. The van der Waals surface area contributed by atoms with Crippen molar-refractivity contribution in [2.45, 2.75) is 25.7 Å². The molecule has 0 spiro atoms. The molecule has 0 bridgehead atoms. The monoisotopic (exact) mass is 365 g/mol. The summed E-state index contributed by atoms with van der Waals surface area (Å²) in [6.07, 6.45) is -0.150. The van der Waals surface area contributed by atoms with Crippen LogP contribution in [0.25, 0.3) is 0 Å². The highest BCUT2D eigenvalue weighted by Crippen LogP contribution is 2.09. The van der Waals surface area contributed by atoms with Crippen molar-refractivity contribution in [1.82, 2.24) is 13.7 Å². The van der Waals surface area contributed by atoms with Crippen LogP contribution in [0.3, 0.4) is 0 Å². The number of epoxide rings is 1. The minimum atomic E-state index is -0.606. The van der Waals surface area contributed by atoms with Crippen LogP contribution in [0, 0.1) is 0 Å². The molecule has 1 aliphatic rings. The van der Waals surface area contributed by atoms with Gasteiger partial charge in [-0.15, -0.1) is 0 Å². The number of hydrogen-bond acceptors (Lipinski definition) is 4. The summed E-state index contributed by atoms with van der Waals surface area (Å²) in [4.78, 5) is 38.6. The molecule has 1 unspecified atom stereocenters. The van der Waals surface area contributed by atoms with Crippen LogP contribution in [-0.2, 0) is 24.4 Å². The Hall–Kier alpha value is -3.19. The van der Waals surface area contributed by atoms with E-state index in [1.54, 1.807) is 0 Å². The summed E-state index contributed by atoms with van der Waals surface area (Å²) in [6, 6.07) is 18.5. The lowest BCUT2D eigenvalue weighted by molar-refractivity contribution is 0.362. The van der Waals surface area contributed by atoms with Crippen molar-refractivity contribution in [2.24, 2.45) is 0 Å². The highest BCUT2D eigenvalue weighted by atomic mass is 16.6. The van der Waals surface area contributed by atoms with Crippen molar-refractivity contribution in [3.8, 4) is 0 Å². The molecule has 0 aliphatic carbocycles. The van der Waals surface area contributed by atoms with Gasteiger partial charge in [0.25, 0.3) is 0 Å². The molecule has 3 aromatic rings. The molecule has 1 aromatic heterocycles. The largest absolute Gasteiger partial charge is 0.371 e. The molecule has 0 radical (unpaired) electrons. The molecule has 1 fully saturated rings. The van der Waals surface area contributed by atoms with E-state index in [1.807, 2.05) is 60.7 Å². The van der Waals surface area contributed by atoms with E-state index in [0.717, 1.165) is 24.8 Å². The summed E-state index contributed by atoms with van der Waals surface area (Å²) in [7, 11) is 0. The average molecular weight is 365 g/mol. The maximum Gasteiger partial charge on any atom is 0.336 e. The Morgan fingerprint density at radius 3 is 1.52 bits per heavy atom. The Kier molecular flexibility index (Phi) is 4.60. The van der Waals surface area contributed by atoms with Gasteiger partial charge in [-0.1, -0.05) is 60.7 Å². The van der Waals surface area contributed by atoms with E-state index in [0.29, 0.717) is 6.61 Å². The van der Waals surface area contributed by atoms with E-state index in [-0.39, 0.29) is 25.7 Å². The van der Waals surface area contributed by atoms with Crippen LogP contribution < -0.4 is 17.1 Å². The normalized spacial score (nSPS) is 15.6. The number of rotatable bonds is 6. The summed E-state index contributed by atoms with van der Waals surface area (Å²) in [6.45, 7) is 0.891. The smallest absolute Gasteiger partial charge is 0.336 e. The van der Waals surface area contributed by atoms with E-state index >= 15 is 0 Å². The second-order valence-corrected chi connectivity index (χ2v) is 6.56. The van der Waals surface area contributed by atoms with Gasteiger partial charge < -0.3 is 4.74 Å². The number of ether oxygens (including phenoxy) is 1. The van der Waals surface area contributed by atoms with Gasteiger partial charge in [-0.3, -0.25) is 0 Å². The Morgan fingerprint density at radius 1 is 0.704 bits per heavy atom. The zero-order valence-corrected chi connectivity index (χ0v) is 14.7. The maximum atomic E-state index is 13.0. The molecular formula is C20H19N3O4. The summed E-state index contributed by atoms with van der Waals surface area (Å²) in [5.74, 6) is 0. The molecule has 7 heteroatoms. The fourth-order valence-corrected chi connectivity index (χ4v) is 3.02. The predicted octanol–water partition coefficient (Wildman–Crippen LogP) is 0.667. The van der Waals surface area contributed by atoms with Gasteiger partial charge in [0.05, 0.1) is 32.3 Å². The fraction of sp³-hybridized carbons (Fsp3) is 0.250. The van der Waals surface area contributed by atoms with Crippen LogP contribution >= 0.6 is 0 Å². The summed E-state index contributed by atoms with van der Waals surface area (Å²) < 4.78 is 8.50. The third-order valence-electron chi connectivity index (χ3n) is 4.54. The number of nitrogens with zero attached hydrogens (tertiary/aromatic N) is 3. The Balaban J connectivity index is 1.84. The minimum absolute atomic E-state index is 0.110. The van der Waals surface area contributed by atoms with Gasteiger partial charge in [0.15, 0.2) is 0 Å². The van der Waals surface area contributed by atoms with Gasteiger partial charge in [-0.05, 0) is 11.1 Å². The van der Waals surface area contributed by atoms with Gasteiger partial charge in [-0.25, -0.2) is 28.1 Å². The molecule has 0 saturated carbocycles. The Morgan fingerprint density at radius 2 is 1.11 bits per heavy atom. The topological polar surface area (TPSA) is 78.5 Å². The van der Waals surface area contributed by atoms with E-state index in [2.05, 4.69) is 0 Å². The third-order valence-corrected chi connectivity index (χ3v) is 4.54. The zero-order chi connectivity index (χ0) is 18.8. The number of hydrogen-bond donors (Lipinski definition) is 0. The third kappa shape index (κ3) is 3.68. The summed E-state index contributed by atoms with van der Waals surface area (Å²) in [5, 5.41) is 0. The van der Waals surface area contributed by atoms with Crippen LogP contribution in [0.4, 0.5) is 0 Å². The van der Waals surface area contributed by atoms with Gasteiger partial charge in [0.2, 0.25) is 0 Å². The molecule has 1 atom stereocenters. The number of benzene rings is 2. The highest BCUT2D eigenvalue weighted by molar-refractivity contribution is 5.16. The molecule has 1 aliphatic heterocycles. The van der Waals surface area contributed by atoms with Crippen LogP contribution in [0.15, 0.2) is 75.0 Å². The van der Waals surface area contributed by atoms with E-state index in [1.165, 1.54) is 0 Å². The SMILES string of the molecule is O=c1n(Cc2ccccc2)c(=O)n(CC2CO2)c(=O)n1Cc1ccccc1. The molecule has 27 heavy (non-hydrogen) atoms. The van der Waals surface area contributed by atoms with Crippen molar-refractivity contribution in [1.29, 1.82) is 0 Å². The van der Waals surface area contributed by atoms with Gasteiger partial charge in [0, 0.05) is 0 Å². The van der Waals surface area contributed by atoms with E-state index < -0.39 is 17.1 Å². The molecule has 0 amide bonds. The molecule has 0 N–H and O–H groups in total. The molecule has 2 aromatic carbocycles. The van der Waals surface area contributed by atoms with Crippen molar-refractivity contribution < 1.29 is 4.74 Å². The molecule has 1 saturated heterocycles. The van der Waals surface area contributed by atoms with Crippen molar-refractivity contribution >= 4 is 0 Å². The van der Waals surface area contributed by atoms with Crippen LogP contribution in [0.2, 0.25) is 0 Å². The maximum absolute atomic E-state index is 13.0. The average Bonchev–Trinajstić information content (AvgIpc) is 3.52. The standard InChI is InChI=1S/C20H19N3O4/c24-18-21(11-15-7-3-1-4-8-15)19(25)23(13-17-14-27-17)20(26)22(18)12-16-9-5-2-6-10-16/h1-10,17H,11-14H2. The first-order chi connectivity index (χ1) is 13.1. The van der Waals surface area contributed by atoms with Crippen LogP contribution in [0.5, 0.6) is 0 Å². The first-order valence-electron chi connectivity index (χ1n) is 8.77. The molecule has 7 nitrogen and oxygen atoms in total. The lowest BCUT2D eigenvalue weighted by atomic mass is 10.2. The predicted molar refractivity (Wildman–Crippen MR) is 100 cm³/mol. The van der Waals surface area contributed by atoms with Crippen LogP contribution in [0.1, 0.15) is 11.1 Å². The number of aromatic nitrogens is 3. The van der Waals surface area contributed by atoms with Crippen molar-refractivity contribution in [3.05, 3.63) is 103 Å². The first kappa shape index (κ1) is 17.2. The van der Waals surface area contributed by atoms with Crippen molar-refractivity contribution in [3.63, 3.8) is 0 Å². The van der Waals surface area contributed by atoms with Crippen molar-refractivity contribution in [2.75, 3.05) is 6.61 Å². The summed E-state index contributed by atoms with van der Waals surface area (Å²) >= 11 is 0. The van der Waals surface area contributed by atoms with Gasteiger partial charge in [-0.2, -0.15) is 0 Å². The van der Waals surface area contributed by atoms with Crippen LogP contribution in [-0.4, -0.2) is 26.4 Å². The lowest BCUT2D eigenvalue weighted by Crippen LogP contribution is -2.55. The molecule has 138 valence electrons. The Bertz CT molecular complexity index is 1030.